The number of nitrogens with one attached hydrogen (secondary N) is 1. The molecule has 4 rings (SSSR count). The van der Waals surface area contributed by atoms with Gasteiger partial charge in [0.25, 0.3) is 0 Å². The molecule has 12 heteroatoms. The zero-order valence-electron chi connectivity index (χ0n) is 18.9. The van der Waals surface area contributed by atoms with Crippen LogP contribution in [0.15, 0.2) is 53.5 Å². The molecule has 0 atom stereocenters. The van der Waals surface area contributed by atoms with E-state index in [1.165, 1.54) is 23.3 Å². The molecule has 4 aromatic rings. The Bertz CT molecular complexity index is 1210. The number of aliphatic imine (C=N–C) groups is 1. The topological polar surface area (TPSA) is 94.4 Å². The minimum atomic E-state index is 0.355. The van der Waals surface area contributed by atoms with Crippen LogP contribution in [-0.2, 0) is 12.8 Å². The van der Waals surface area contributed by atoms with Crippen LogP contribution in [0.2, 0.25) is 5.02 Å². The van der Waals surface area contributed by atoms with Crippen molar-refractivity contribution in [1.82, 2.24) is 20.4 Å². The molecule has 2 heterocycles. The fourth-order valence-corrected chi connectivity index (χ4v) is 5.37. The number of anilines is 1. The highest BCUT2D eigenvalue weighted by molar-refractivity contribution is 7.99. The number of nitrogens with zero attached hydrogens (tertiary/aromatic N) is 5. The number of aromatic nitrogens is 4. The summed E-state index contributed by atoms with van der Waals surface area (Å²) in [6, 6.07) is 15.0. The molecular formula is C23H23ClN6O2S3. The van der Waals surface area contributed by atoms with Crippen LogP contribution in [-0.4, -0.2) is 45.0 Å². The minimum absolute atomic E-state index is 0.355. The summed E-state index contributed by atoms with van der Waals surface area (Å²) in [6.07, 6.45) is 3.08. The Morgan fingerprint density at radius 3 is 2.37 bits per heavy atom. The highest BCUT2D eigenvalue weighted by Crippen LogP contribution is 2.22. The lowest BCUT2D eigenvalue weighted by Crippen LogP contribution is -2.08. The number of aryl methyl sites for hydroxylation is 3. The van der Waals surface area contributed by atoms with Crippen LogP contribution in [0.4, 0.5) is 10.3 Å². The average Bonchev–Trinajstić information content (AvgIpc) is 3.51. The molecular weight excluding hydrogens is 524 g/mol. The van der Waals surface area contributed by atoms with Gasteiger partial charge in [0.1, 0.15) is 21.5 Å². The average molecular weight is 547 g/mol. The van der Waals surface area contributed by atoms with E-state index in [4.69, 9.17) is 21.1 Å². The van der Waals surface area contributed by atoms with Gasteiger partial charge in [-0.3, -0.25) is 0 Å². The van der Waals surface area contributed by atoms with E-state index in [1.807, 2.05) is 43.0 Å². The summed E-state index contributed by atoms with van der Waals surface area (Å²) in [6.45, 7) is 2.40. The molecule has 2 aromatic heterocycles. The van der Waals surface area contributed by atoms with Crippen LogP contribution in [0.25, 0.3) is 0 Å². The first kappa shape index (κ1) is 25.4. The Labute approximate surface area is 220 Å². The van der Waals surface area contributed by atoms with Crippen LogP contribution < -0.4 is 14.8 Å². The highest BCUT2D eigenvalue weighted by Gasteiger charge is 2.06. The Hall–Kier alpha value is -2.73. The van der Waals surface area contributed by atoms with E-state index in [0.717, 1.165) is 45.2 Å². The number of hydrogen-bond acceptors (Lipinski definition) is 11. The van der Waals surface area contributed by atoms with Crippen molar-refractivity contribution >= 4 is 62.7 Å². The first-order valence-corrected chi connectivity index (χ1v) is 13.9. The Morgan fingerprint density at radius 2 is 1.60 bits per heavy atom. The largest absolute Gasteiger partial charge is 0.473 e. The predicted molar refractivity (Wildman–Crippen MR) is 145 cm³/mol. The normalized spacial score (nSPS) is 11.1. The van der Waals surface area contributed by atoms with Crippen molar-refractivity contribution in [2.24, 2.45) is 4.99 Å². The smallest absolute Gasteiger partial charge is 0.234 e. The fourth-order valence-electron chi connectivity index (χ4n) is 2.71. The van der Waals surface area contributed by atoms with E-state index in [1.54, 1.807) is 35.6 Å². The fraction of sp³-hybridized carbons (Fsp3) is 0.261. The molecule has 0 bridgehead atoms. The van der Waals surface area contributed by atoms with E-state index in [-0.39, 0.29) is 0 Å². The molecule has 182 valence electrons. The summed E-state index contributed by atoms with van der Waals surface area (Å²) < 4.78 is 11.1. The van der Waals surface area contributed by atoms with Gasteiger partial charge in [0.2, 0.25) is 10.3 Å². The molecule has 0 fully saturated rings. The number of rotatable bonds is 13. The lowest BCUT2D eigenvalue weighted by Gasteiger charge is -2.06. The molecule has 0 saturated carbocycles. The van der Waals surface area contributed by atoms with Crippen molar-refractivity contribution in [2.45, 2.75) is 19.8 Å². The molecule has 0 spiro atoms. The molecule has 1 N–H and O–H groups in total. The lowest BCUT2D eigenvalue weighted by atomic mass is 10.2. The third-order valence-electron chi connectivity index (χ3n) is 4.49. The minimum Gasteiger partial charge on any atom is -0.473 e. The van der Waals surface area contributed by atoms with Gasteiger partial charge >= 0.3 is 0 Å². The number of hydrogen-bond donors (Lipinski definition) is 1. The van der Waals surface area contributed by atoms with Crippen molar-refractivity contribution in [3.05, 3.63) is 69.1 Å². The van der Waals surface area contributed by atoms with Gasteiger partial charge < -0.3 is 14.8 Å². The standard InChI is InChI=1S/C23H23ClN6O2S3/c1-16-2-6-18(7-3-16)31-14-25-22-29-27-20(34-22)10-12-33-13-11-21-28-30-23(35-21)26-15-32-19-8-4-17(24)5-9-19/h2-9,15H,10-14H2,1H3,(H,25,29). The molecule has 0 amide bonds. The summed E-state index contributed by atoms with van der Waals surface area (Å²) in [4.78, 5) is 4.20. The SMILES string of the molecule is Cc1ccc(OCNc2nnc(CCSCCc3nnc(N=COc4ccc(Cl)cc4)s3)s2)cc1. The number of halogens is 1. The zero-order valence-corrected chi connectivity index (χ0v) is 22.1. The van der Waals surface area contributed by atoms with Crippen LogP contribution >= 0.6 is 46.0 Å². The maximum atomic E-state index is 5.86. The molecule has 0 aliphatic heterocycles. The summed E-state index contributed by atoms with van der Waals surface area (Å²) in [5.41, 5.74) is 1.20. The van der Waals surface area contributed by atoms with Gasteiger partial charge in [0.15, 0.2) is 13.1 Å². The summed E-state index contributed by atoms with van der Waals surface area (Å²) in [5, 5.41) is 23.8. The molecule has 0 saturated heterocycles. The van der Waals surface area contributed by atoms with Gasteiger partial charge in [-0.15, -0.1) is 20.4 Å². The number of thioether (sulfide) groups is 1. The molecule has 2 aromatic carbocycles. The molecule has 0 aliphatic carbocycles. The maximum Gasteiger partial charge on any atom is 0.234 e. The third kappa shape index (κ3) is 8.77. The van der Waals surface area contributed by atoms with E-state index in [2.05, 4.69) is 30.7 Å². The van der Waals surface area contributed by atoms with E-state index >= 15 is 0 Å². The molecule has 0 radical (unpaired) electrons. The third-order valence-corrected chi connectivity index (χ3v) is 7.56. The Balaban J connectivity index is 1.09. The van der Waals surface area contributed by atoms with Gasteiger partial charge in [-0.25, -0.2) is 0 Å². The molecule has 8 nitrogen and oxygen atoms in total. The quantitative estimate of drug-likeness (QED) is 0.0936. The van der Waals surface area contributed by atoms with Gasteiger partial charge in [0.05, 0.1) is 0 Å². The summed E-state index contributed by atoms with van der Waals surface area (Å²) in [7, 11) is 0. The second-order valence-corrected chi connectivity index (χ2v) is 10.9. The highest BCUT2D eigenvalue weighted by atomic mass is 35.5. The maximum absolute atomic E-state index is 5.86. The van der Waals surface area contributed by atoms with Crippen LogP contribution in [0.5, 0.6) is 11.5 Å². The molecule has 35 heavy (non-hydrogen) atoms. The van der Waals surface area contributed by atoms with Gasteiger partial charge in [-0.2, -0.15) is 16.8 Å². The summed E-state index contributed by atoms with van der Waals surface area (Å²) in [5.74, 6) is 3.40. The van der Waals surface area contributed by atoms with E-state index in [9.17, 15) is 0 Å². The summed E-state index contributed by atoms with van der Waals surface area (Å²) >= 11 is 10.7. The van der Waals surface area contributed by atoms with E-state index < -0.39 is 0 Å². The first-order chi connectivity index (χ1) is 17.1. The van der Waals surface area contributed by atoms with E-state index in [0.29, 0.717) is 22.6 Å². The van der Waals surface area contributed by atoms with Crippen molar-refractivity contribution in [3.63, 3.8) is 0 Å². The van der Waals surface area contributed by atoms with Crippen molar-refractivity contribution in [1.29, 1.82) is 0 Å². The molecule has 0 unspecified atom stereocenters. The number of benzene rings is 2. The second-order valence-electron chi connectivity index (χ2n) is 7.18. The van der Waals surface area contributed by atoms with Crippen LogP contribution in [0.3, 0.4) is 0 Å². The van der Waals surface area contributed by atoms with Crippen molar-refractivity contribution in [2.75, 3.05) is 23.6 Å². The Kier molecular flexibility index (Phi) is 9.70. The molecule has 0 aliphatic rings. The Morgan fingerprint density at radius 1 is 0.914 bits per heavy atom. The predicted octanol–water partition coefficient (Wildman–Crippen LogP) is 6.06. The lowest BCUT2D eigenvalue weighted by molar-refractivity contribution is 0.346. The van der Waals surface area contributed by atoms with Gasteiger partial charge in [-0.05, 0) is 54.8 Å². The van der Waals surface area contributed by atoms with Crippen molar-refractivity contribution < 1.29 is 9.47 Å². The first-order valence-electron chi connectivity index (χ1n) is 10.7. The number of ether oxygens (including phenoxy) is 2. The van der Waals surface area contributed by atoms with Crippen molar-refractivity contribution in [3.8, 4) is 11.5 Å². The van der Waals surface area contributed by atoms with Gasteiger partial charge in [0, 0.05) is 17.9 Å². The monoisotopic (exact) mass is 546 g/mol. The van der Waals surface area contributed by atoms with Crippen LogP contribution in [0, 0.1) is 6.92 Å². The van der Waals surface area contributed by atoms with Gasteiger partial charge in [-0.1, -0.05) is 52.0 Å². The van der Waals surface area contributed by atoms with Crippen LogP contribution in [0.1, 0.15) is 15.6 Å². The zero-order chi connectivity index (χ0) is 24.3. The second kappa shape index (κ2) is 13.4.